The molecule has 1 aliphatic rings. The third kappa shape index (κ3) is 2.69. The molecule has 0 radical (unpaired) electrons. The highest BCUT2D eigenvalue weighted by Gasteiger charge is 2.38. The van der Waals surface area contributed by atoms with Crippen molar-refractivity contribution in [3.05, 3.63) is 23.3 Å². The number of benzene rings is 1. The first kappa shape index (κ1) is 14.2. The molecule has 0 unspecified atom stereocenters. The fraction of sp³-hybridized carbons (Fsp3) is 0.600. The predicted molar refractivity (Wildman–Crippen MR) is 78.0 cm³/mol. The van der Waals surface area contributed by atoms with Crippen molar-refractivity contribution in [1.29, 1.82) is 0 Å². The number of hydrogen-bond donors (Lipinski definition) is 1. The monoisotopic (exact) mass is 264 g/mol. The van der Waals surface area contributed by atoms with Crippen LogP contribution in [-0.4, -0.2) is 40.5 Å². The Morgan fingerprint density at radius 3 is 2.53 bits per heavy atom. The molecule has 1 heterocycles. The minimum Gasteiger partial charge on any atom is -0.495 e. The Hall–Kier alpha value is -1.26. The number of rotatable bonds is 5. The molecular formula is C15H24N2O2. The molecule has 0 aromatic heterocycles. The Morgan fingerprint density at radius 2 is 2.05 bits per heavy atom. The van der Waals surface area contributed by atoms with E-state index in [4.69, 9.17) is 15.2 Å². The van der Waals surface area contributed by atoms with Gasteiger partial charge in [-0.3, -0.25) is 0 Å². The molecular weight excluding hydrogens is 240 g/mol. The van der Waals surface area contributed by atoms with Crippen LogP contribution >= 0.6 is 0 Å². The summed E-state index contributed by atoms with van der Waals surface area (Å²) in [6, 6.07) is 4.26. The smallest absolute Gasteiger partial charge is 0.142 e. The van der Waals surface area contributed by atoms with Crippen molar-refractivity contribution in [1.82, 2.24) is 0 Å². The van der Waals surface area contributed by atoms with Crippen molar-refractivity contribution in [2.75, 3.05) is 45.4 Å². The van der Waals surface area contributed by atoms with E-state index in [9.17, 15) is 0 Å². The van der Waals surface area contributed by atoms with Gasteiger partial charge in [-0.2, -0.15) is 0 Å². The van der Waals surface area contributed by atoms with E-state index in [2.05, 4.69) is 37.9 Å². The van der Waals surface area contributed by atoms with Crippen LogP contribution in [0.5, 0.6) is 5.75 Å². The van der Waals surface area contributed by atoms with E-state index < -0.39 is 0 Å². The molecule has 2 rings (SSSR count). The molecule has 1 fully saturated rings. The number of aryl methyl sites for hydroxylation is 2. The number of ether oxygens (including phenoxy) is 2. The van der Waals surface area contributed by atoms with Gasteiger partial charge in [0.05, 0.1) is 26.0 Å². The summed E-state index contributed by atoms with van der Waals surface area (Å²) in [6.45, 7) is 7.25. The number of methoxy groups -OCH3 is 1. The van der Waals surface area contributed by atoms with E-state index in [0.29, 0.717) is 6.54 Å². The van der Waals surface area contributed by atoms with E-state index in [0.717, 1.165) is 31.2 Å². The van der Waals surface area contributed by atoms with E-state index in [1.165, 1.54) is 11.1 Å². The second kappa shape index (κ2) is 5.39. The molecule has 0 atom stereocenters. The minimum absolute atomic E-state index is 0.0943. The maximum absolute atomic E-state index is 5.89. The van der Waals surface area contributed by atoms with Crippen LogP contribution < -0.4 is 15.4 Å². The van der Waals surface area contributed by atoms with Gasteiger partial charge >= 0.3 is 0 Å². The van der Waals surface area contributed by atoms with Crippen LogP contribution in [0.3, 0.4) is 0 Å². The van der Waals surface area contributed by atoms with Crippen LogP contribution in [0.15, 0.2) is 12.1 Å². The molecule has 0 saturated carbocycles. The Balaban J connectivity index is 2.25. The van der Waals surface area contributed by atoms with E-state index in [1.807, 2.05) is 0 Å². The second-order valence-electron chi connectivity index (χ2n) is 5.69. The van der Waals surface area contributed by atoms with Gasteiger partial charge in [-0.1, -0.05) is 6.07 Å². The summed E-state index contributed by atoms with van der Waals surface area (Å²) in [5.41, 5.74) is 9.57. The van der Waals surface area contributed by atoms with Crippen molar-refractivity contribution in [2.24, 2.45) is 11.1 Å². The van der Waals surface area contributed by atoms with Crippen LogP contribution in [-0.2, 0) is 4.74 Å². The van der Waals surface area contributed by atoms with Crippen molar-refractivity contribution in [3.8, 4) is 5.75 Å². The molecule has 1 aliphatic heterocycles. The average molecular weight is 264 g/mol. The van der Waals surface area contributed by atoms with Crippen molar-refractivity contribution in [3.63, 3.8) is 0 Å². The van der Waals surface area contributed by atoms with Gasteiger partial charge in [-0.25, -0.2) is 0 Å². The number of nitrogens with two attached hydrogens (primary N) is 1. The third-order valence-corrected chi connectivity index (χ3v) is 3.83. The summed E-state index contributed by atoms with van der Waals surface area (Å²) in [7, 11) is 3.81. The summed E-state index contributed by atoms with van der Waals surface area (Å²) in [6.07, 6.45) is 0. The van der Waals surface area contributed by atoms with Gasteiger partial charge in [0.15, 0.2) is 0 Å². The van der Waals surface area contributed by atoms with Crippen molar-refractivity contribution >= 4 is 5.69 Å². The largest absolute Gasteiger partial charge is 0.495 e. The summed E-state index contributed by atoms with van der Waals surface area (Å²) < 4.78 is 10.9. The average Bonchev–Trinajstić information content (AvgIpc) is 2.32. The quantitative estimate of drug-likeness (QED) is 0.880. The van der Waals surface area contributed by atoms with Gasteiger partial charge in [0.25, 0.3) is 0 Å². The highest BCUT2D eigenvalue weighted by Crippen LogP contribution is 2.36. The Labute approximate surface area is 115 Å². The second-order valence-corrected chi connectivity index (χ2v) is 5.69. The lowest BCUT2D eigenvalue weighted by Gasteiger charge is -2.43. The fourth-order valence-electron chi connectivity index (χ4n) is 2.81. The number of hydrogen-bond acceptors (Lipinski definition) is 4. The van der Waals surface area contributed by atoms with Crippen LogP contribution in [0.2, 0.25) is 0 Å². The molecule has 0 bridgehead atoms. The van der Waals surface area contributed by atoms with Gasteiger partial charge in [-0.15, -0.1) is 0 Å². The van der Waals surface area contributed by atoms with Crippen LogP contribution in [0, 0.1) is 19.3 Å². The van der Waals surface area contributed by atoms with Crippen LogP contribution in [0.4, 0.5) is 5.69 Å². The van der Waals surface area contributed by atoms with Gasteiger partial charge in [0.1, 0.15) is 5.75 Å². The Bertz CT molecular complexity index is 450. The van der Waals surface area contributed by atoms with E-state index in [-0.39, 0.29) is 5.41 Å². The molecule has 0 aliphatic carbocycles. The topological polar surface area (TPSA) is 47.7 Å². The first-order valence-corrected chi connectivity index (χ1v) is 6.65. The van der Waals surface area contributed by atoms with Gasteiger partial charge < -0.3 is 20.1 Å². The molecule has 1 saturated heterocycles. The molecule has 106 valence electrons. The van der Waals surface area contributed by atoms with Gasteiger partial charge in [0.2, 0.25) is 0 Å². The first-order valence-electron chi connectivity index (χ1n) is 6.65. The summed E-state index contributed by atoms with van der Waals surface area (Å²) in [5.74, 6) is 0.924. The zero-order valence-electron chi connectivity index (χ0n) is 12.3. The van der Waals surface area contributed by atoms with Crippen molar-refractivity contribution < 1.29 is 9.47 Å². The zero-order chi connectivity index (χ0) is 14.0. The highest BCUT2D eigenvalue weighted by atomic mass is 16.5. The predicted octanol–water partition coefficient (Wildman–Crippen LogP) is 1.72. The lowest BCUT2D eigenvalue weighted by atomic mass is 9.85. The van der Waals surface area contributed by atoms with E-state index >= 15 is 0 Å². The SMILES string of the molecule is COc1cc(C)cc(C)c1N(C)CC1(CN)COC1. The first-order chi connectivity index (χ1) is 9.01. The minimum atomic E-state index is 0.0943. The van der Waals surface area contributed by atoms with Gasteiger partial charge in [0, 0.05) is 25.6 Å². The maximum atomic E-state index is 5.89. The van der Waals surface area contributed by atoms with Crippen LogP contribution in [0.1, 0.15) is 11.1 Å². The summed E-state index contributed by atoms with van der Waals surface area (Å²) >= 11 is 0. The highest BCUT2D eigenvalue weighted by molar-refractivity contribution is 5.64. The Kier molecular flexibility index (Phi) is 4.02. The molecule has 1 aromatic rings. The maximum Gasteiger partial charge on any atom is 0.142 e. The fourth-order valence-corrected chi connectivity index (χ4v) is 2.81. The summed E-state index contributed by atoms with van der Waals surface area (Å²) in [5, 5.41) is 0. The molecule has 4 heteroatoms. The number of nitrogens with zero attached hydrogens (tertiary/aromatic N) is 1. The Morgan fingerprint density at radius 1 is 1.37 bits per heavy atom. The molecule has 0 spiro atoms. The molecule has 2 N–H and O–H groups in total. The molecule has 1 aromatic carbocycles. The van der Waals surface area contributed by atoms with Gasteiger partial charge in [-0.05, 0) is 31.0 Å². The summed E-state index contributed by atoms with van der Waals surface area (Å²) in [4.78, 5) is 2.24. The molecule has 19 heavy (non-hydrogen) atoms. The van der Waals surface area contributed by atoms with Crippen LogP contribution in [0.25, 0.3) is 0 Å². The molecule has 4 nitrogen and oxygen atoms in total. The zero-order valence-corrected chi connectivity index (χ0v) is 12.3. The number of anilines is 1. The lowest BCUT2D eigenvalue weighted by Crippen LogP contribution is -2.54. The molecule has 0 amide bonds. The lowest BCUT2D eigenvalue weighted by molar-refractivity contribution is -0.101. The normalized spacial score (nSPS) is 16.9. The van der Waals surface area contributed by atoms with Crippen molar-refractivity contribution in [2.45, 2.75) is 13.8 Å². The third-order valence-electron chi connectivity index (χ3n) is 3.83. The van der Waals surface area contributed by atoms with E-state index in [1.54, 1.807) is 7.11 Å². The standard InChI is InChI=1S/C15H24N2O2/c1-11-5-12(2)14(13(6-11)18-4)17(3)8-15(7-16)9-19-10-15/h5-6H,7-10,16H2,1-4H3.